The first kappa shape index (κ1) is 19.4. The maximum Gasteiger partial charge on any atom is 0.254 e. The molecule has 0 bridgehead atoms. The SMILES string of the molecule is CC(=O)Nc1ncc(S(=O)(=O)N2CCN(c3cc(-n4ccnc4)ncn3)CC2)s1. The summed E-state index contributed by atoms with van der Waals surface area (Å²) < 4.78 is 29.1. The van der Waals surface area contributed by atoms with Gasteiger partial charge in [-0.05, 0) is 0 Å². The molecule has 3 aromatic rings. The first-order valence-electron chi connectivity index (χ1n) is 8.72. The van der Waals surface area contributed by atoms with Gasteiger partial charge >= 0.3 is 0 Å². The van der Waals surface area contributed by atoms with Gasteiger partial charge in [0.15, 0.2) is 9.34 Å². The average Bonchev–Trinajstić information content (AvgIpc) is 3.40. The van der Waals surface area contributed by atoms with Crippen molar-refractivity contribution >= 4 is 38.2 Å². The molecule has 0 radical (unpaired) electrons. The van der Waals surface area contributed by atoms with Crippen LogP contribution in [0.1, 0.15) is 6.92 Å². The van der Waals surface area contributed by atoms with Crippen molar-refractivity contribution in [1.82, 2.24) is 28.8 Å². The zero-order chi connectivity index (χ0) is 20.4. The second kappa shape index (κ2) is 7.85. The van der Waals surface area contributed by atoms with Crippen molar-refractivity contribution in [3.05, 3.63) is 37.3 Å². The van der Waals surface area contributed by atoms with Gasteiger partial charge in [-0.1, -0.05) is 11.3 Å². The van der Waals surface area contributed by atoms with Gasteiger partial charge in [-0.25, -0.2) is 28.4 Å². The summed E-state index contributed by atoms with van der Waals surface area (Å²) in [7, 11) is -3.66. The molecule has 1 amide bonds. The van der Waals surface area contributed by atoms with Crippen LogP contribution in [0.4, 0.5) is 10.9 Å². The molecule has 0 spiro atoms. The van der Waals surface area contributed by atoms with Crippen molar-refractivity contribution in [1.29, 1.82) is 0 Å². The fourth-order valence-corrected chi connectivity index (χ4v) is 5.57. The van der Waals surface area contributed by atoms with Crippen LogP contribution in [0.2, 0.25) is 0 Å². The molecule has 1 aliphatic rings. The topological polar surface area (TPSA) is 126 Å². The fourth-order valence-electron chi connectivity index (χ4n) is 2.92. The lowest BCUT2D eigenvalue weighted by Gasteiger charge is -2.34. The Balaban J connectivity index is 1.45. The van der Waals surface area contributed by atoms with Gasteiger partial charge in [0.2, 0.25) is 5.91 Å². The zero-order valence-electron chi connectivity index (χ0n) is 15.5. The molecule has 0 atom stereocenters. The number of imidazole rings is 1. The number of thiazole rings is 1. The van der Waals surface area contributed by atoms with E-state index in [1.54, 1.807) is 23.3 Å². The quantitative estimate of drug-likeness (QED) is 0.618. The van der Waals surface area contributed by atoms with Crippen LogP contribution < -0.4 is 10.2 Å². The van der Waals surface area contributed by atoms with Crippen molar-refractivity contribution < 1.29 is 13.2 Å². The molecule has 1 N–H and O–H groups in total. The fraction of sp³-hybridized carbons (Fsp3) is 0.312. The van der Waals surface area contributed by atoms with E-state index in [2.05, 4.69) is 25.3 Å². The number of anilines is 2. The van der Waals surface area contributed by atoms with E-state index in [4.69, 9.17) is 0 Å². The Morgan fingerprint density at radius 1 is 1.14 bits per heavy atom. The lowest BCUT2D eigenvalue weighted by Crippen LogP contribution is -2.48. The van der Waals surface area contributed by atoms with Crippen LogP contribution in [0.3, 0.4) is 0 Å². The van der Waals surface area contributed by atoms with E-state index < -0.39 is 10.0 Å². The number of nitrogens with one attached hydrogen (secondary N) is 1. The highest BCUT2D eigenvalue weighted by atomic mass is 32.2. The highest BCUT2D eigenvalue weighted by Gasteiger charge is 2.30. The van der Waals surface area contributed by atoms with Gasteiger partial charge < -0.3 is 10.2 Å². The Labute approximate surface area is 171 Å². The predicted octanol–water partition coefficient (Wildman–Crippen LogP) is 0.588. The van der Waals surface area contributed by atoms with Gasteiger partial charge in [0, 0.05) is 51.6 Å². The van der Waals surface area contributed by atoms with E-state index in [0.29, 0.717) is 32.0 Å². The maximum absolute atomic E-state index is 12.9. The molecule has 4 rings (SSSR count). The lowest BCUT2D eigenvalue weighted by atomic mass is 10.3. The van der Waals surface area contributed by atoms with Crippen molar-refractivity contribution in [2.45, 2.75) is 11.1 Å². The Morgan fingerprint density at radius 3 is 2.59 bits per heavy atom. The van der Waals surface area contributed by atoms with Crippen molar-refractivity contribution in [2.75, 3.05) is 36.4 Å². The molecular formula is C16H18N8O3S2. The molecule has 0 aliphatic carbocycles. The maximum atomic E-state index is 12.9. The summed E-state index contributed by atoms with van der Waals surface area (Å²) in [5.41, 5.74) is 0. The number of hydrogen-bond acceptors (Lipinski definition) is 9. The van der Waals surface area contributed by atoms with Crippen LogP contribution in [0, 0.1) is 0 Å². The second-order valence-corrected chi connectivity index (χ2v) is 9.46. The highest BCUT2D eigenvalue weighted by molar-refractivity contribution is 7.91. The Morgan fingerprint density at radius 2 is 1.90 bits per heavy atom. The second-order valence-electron chi connectivity index (χ2n) is 6.26. The molecule has 1 aliphatic heterocycles. The summed E-state index contributed by atoms with van der Waals surface area (Å²) in [6, 6.07) is 1.84. The summed E-state index contributed by atoms with van der Waals surface area (Å²) in [6.07, 6.45) is 7.87. The van der Waals surface area contributed by atoms with Crippen molar-refractivity contribution in [3.8, 4) is 5.82 Å². The van der Waals surface area contributed by atoms with Gasteiger partial charge in [0.1, 0.15) is 24.3 Å². The minimum Gasteiger partial charge on any atom is -0.354 e. The first-order valence-corrected chi connectivity index (χ1v) is 11.0. The Kier molecular flexibility index (Phi) is 5.25. The molecule has 11 nitrogen and oxygen atoms in total. The normalized spacial score (nSPS) is 15.4. The van der Waals surface area contributed by atoms with E-state index in [1.807, 2.05) is 11.0 Å². The summed E-state index contributed by atoms with van der Waals surface area (Å²) in [6.45, 7) is 2.98. The van der Waals surface area contributed by atoms with Crippen LogP contribution in [-0.4, -0.2) is 69.3 Å². The van der Waals surface area contributed by atoms with Gasteiger partial charge in [-0.2, -0.15) is 4.31 Å². The first-order chi connectivity index (χ1) is 13.9. The number of amides is 1. The van der Waals surface area contributed by atoms with Gasteiger partial charge in [0.25, 0.3) is 10.0 Å². The molecule has 1 saturated heterocycles. The van der Waals surface area contributed by atoms with Crippen LogP contribution in [0.25, 0.3) is 5.82 Å². The molecule has 1 fully saturated rings. The predicted molar refractivity (Wildman–Crippen MR) is 107 cm³/mol. The van der Waals surface area contributed by atoms with Gasteiger partial charge in [-0.3, -0.25) is 9.36 Å². The van der Waals surface area contributed by atoms with Crippen molar-refractivity contribution in [3.63, 3.8) is 0 Å². The van der Waals surface area contributed by atoms with Crippen LogP contribution in [0.15, 0.2) is 41.5 Å². The molecule has 29 heavy (non-hydrogen) atoms. The van der Waals surface area contributed by atoms with E-state index >= 15 is 0 Å². The van der Waals surface area contributed by atoms with Crippen LogP contribution in [-0.2, 0) is 14.8 Å². The molecule has 0 aromatic carbocycles. The van der Waals surface area contributed by atoms with Crippen LogP contribution >= 0.6 is 11.3 Å². The van der Waals surface area contributed by atoms with Gasteiger partial charge in [-0.15, -0.1) is 0 Å². The largest absolute Gasteiger partial charge is 0.354 e. The van der Waals surface area contributed by atoms with E-state index in [-0.39, 0.29) is 15.2 Å². The summed E-state index contributed by atoms with van der Waals surface area (Å²) in [4.78, 5) is 29.7. The summed E-state index contributed by atoms with van der Waals surface area (Å²) in [5, 5.41) is 2.77. The number of nitrogens with zero attached hydrogens (tertiary/aromatic N) is 7. The summed E-state index contributed by atoms with van der Waals surface area (Å²) >= 11 is 0.944. The van der Waals surface area contributed by atoms with E-state index in [9.17, 15) is 13.2 Å². The number of hydrogen-bond donors (Lipinski definition) is 1. The Bertz CT molecular complexity index is 1100. The Hall–Kier alpha value is -2.90. The molecular weight excluding hydrogens is 416 g/mol. The smallest absolute Gasteiger partial charge is 0.254 e. The molecule has 0 saturated carbocycles. The minimum atomic E-state index is -3.66. The standard InChI is InChI=1S/C16H18N8O3S2/c1-12(25)21-16-18-9-15(28-16)29(26,27)24-6-4-22(5-7-24)13-8-14(20-10-19-13)23-3-2-17-11-23/h2-3,8-11H,4-7H2,1H3,(H,18,21,25). The number of carbonyl (C=O) groups is 1. The van der Waals surface area contributed by atoms with Crippen LogP contribution in [0.5, 0.6) is 0 Å². The average molecular weight is 435 g/mol. The molecule has 0 unspecified atom stereocenters. The third-order valence-electron chi connectivity index (χ3n) is 4.33. The van der Waals surface area contributed by atoms with Crippen molar-refractivity contribution in [2.24, 2.45) is 0 Å². The monoisotopic (exact) mass is 434 g/mol. The summed E-state index contributed by atoms with van der Waals surface area (Å²) in [5.74, 6) is 1.13. The third kappa shape index (κ3) is 4.11. The van der Waals surface area contributed by atoms with E-state index in [0.717, 1.165) is 17.2 Å². The molecule has 13 heteroatoms. The van der Waals surface area contributed by atoms with Gasteiger partial charge in [0.05, 0.1) is 6.20 Å². The highest BCUT2D eigenvalue weighted by Crippen LogP contribution is 2.27. The number of sulfonamides is 1. The zero-order valence-corrected chi connectivity index (χ0v) is 17.1. The number of piperazine rings is 1. The number of aromatic nitrogens is 5. The lowest BCUT2D eigenvalue weighted by molar-refractivity contribution is -0.114. The number of carbonyl (C=O) groups excluding carboxylic acids is 1. The molecule has 4 heterocycles. The number of rotatable bonds is 5. The molecule has 3 aromatic heterocycles. The third-order valence-corrected chi connectivity index (χ3v) is 7.58. The minimum absolute atomic E-state index is 0.110. The van der Waals surface area contributed by atoms with E-state index in [1.165, 1.54) is 23.8 Å². The molecule has 152 valence electrons.